The number of amides is 1. The molecule has 0 aromatic carbocycles. The quantitative estimate of drug-likeness (QED) is 0.0195. The molecule has 1 amide bonds. The summed E-state index contributed by atoms with van der Waals surface area (Å²) in [5, 5.41) is 56.8. The van der Waals surface area contributed by atoms with Crippen LogP contribution in [0.4, 0.5) is 0 Å². The summed E-state index contributed by atoms with van der Waals surface area (Å²) in [6.45, 7) is 5.58. The zero-order valence-corrected chi connectivity index (χ0v) is 49.0. The molecule has 11 nitrogen and oxygen atoms in total. The van der Waals surface area contributed by atoms with Gasteiger partial charge in [0.15, 0.2) is 12.4 Å². The Morgan fingerprint density at radius 1 is 0.513 bits per heavy atom. The number of allylic oxidation sites excluding steroid dienone is 18. The number of aliphatic hydroxyl groups is 5. The van der Waals surface area contributed by atoms with E-state index in [1.54, 1.807) is 12.2 Å². The molecular weight excluding hydrogens is 979 g/mol. The highest BCUT2D eigenvalue weighted by molar-refractivity contribution is 5.81. The third-order valence-corrected chi connectivity index (χ3v) is 13.6. The van der Waals surface area contributed by atoms with Gasteiger partial charge in [-0.3, -0.25) is 9.59 Å². The summed E-state index contributed by atoms with van der Waals surface area (Å²) in [7, 11) is 0. The van der Waals surface area contributed by atoms with Crippen molar-refractivity contribution in [2.75, 3.05) is 13.2 Å². The van der Waals surface area contributed by atoms with E-state index >= 15 is 0 Å². The number of carbonyl (C=O) groups is 2. The Kier molecular flexibility index (Phi) is 49.6. The number of carbonyl (C=O) groups excluding carboxylic acids is 2. The first-order chi connectivity index (χ1) is 38.2. The van der Waals surface area contributed by atoms with Crippen LogP contribution >= 0.6 is 0 Å². The number of esters is 1. The fraction of sp³-hybridized carbons (Fsp3) is 0.672. The first-order valence-electron chi connectivity index (χ1n) is 30.8. The molecule has 11 heteroatoms. The predicted octanol–water partition coefficient (Wildman–Crippen LogP) is 14.7. The summed E-state index contributed by atoms with van der Waals surface area (Å²) >= 11 is 0. The normalized spacial score (nSPS) is 19.8. The lowest BCUT2D eigenvalue weighted by Gasteiger charge is -2.41. The summed E-state index contributed by atoms with van der Waals surface area (Å²) in [5.74, 6) is -1.31. The number of unbranched alkanes of at least 4 members (excludes halogenated alkanes) is 19. The number of hydrogen-bond acceptors (Lipinski definition) is 10. The molecule has 8 unspecified atom stereocenters. The smallest absolute Gasteiger partial charge is 0.306 e. The van der Waals surface area contributed by atoms with Crippen LogP contribution < -0.4 is 5.32 Å². The summed E-state index contributed by atoms with van der Waals surface area (Å²) in [4.78, 5) is 26.5. The molecule has 0 bridgehead atoms. The minimum atomic E-state index is -1.64. The average Bonchev–Trinajstić information content (AvgIpc) is 3.44. The highest BCUT2D eigenvalue weighted by atomic mass is 16.7. The SMILES string of the molecule is CC/C=C\C/C=C\C/C=C\C/C=C\C/C=C\C/C=C\CC(O)C(=O)NC(COC1OC(CO)C(O)C(O)C1OC(=O)CCCCCCCC/C=C\C/C=C\C/C=C\CCCCC)C(O)/C=C/CCCCCCCCCCCC. The maximum Gasteiger partial charge on any atom is 0.306 e. The van der Waals surface area contributed by atoms with E-state index in [1.165, 1.54) is 70.6 Å². The molecule has 78 heavy (non-hydrogen) atoms. The second kappa shape index (κ2) is 53.7. The van der Waals surface area contributed by atoms with E-state index in [2.05, 4.69) is 117 Å². The lowest BCUT2D eigenvalue weighted by Crippen LogP contribution is -2.61. The average molecular weight is 1090 g/mol. The van der Waals surface area contributed by atoms with Gasteiger partial charge in [0, 0.05) is 12.8 Å². The molecule has 1 saturated heterocycles. The van der Waals surface area contributed by atoms with Crippen molar-refractivity contribution < 1.29 is 49.3 Å². The largest absolute Gasteiger partial charge is 0.454 e. The Balaban J connectivity index is 2.75. The highest BCUT2D eigenvalue weighted by Gasteiger charge is 2.47. The van der Waals surface area contributed by atoms with E-state index in [1.807, 2.05) is 18.2 Å². The van der Waals surface area contributed by atoms with Gasteiger partial charge in [-0.1, -0.05) is 239 Å². The highest BCUT2D eigenvalue weighted by Crippen LogP contribution is 2.26. The van der Waals surface area contributed by atoms with Crippen LogP contribution in [-0.4, -0.2) is 99.6 Å². The zero-order valence-electron chi connectivity index (χ0n) is 49.0. The standard InChI is InChI=1S/C67H111NO10/c1-4-7-10-13-16-19-22-25-27-29-31-33-35-37-40-43-46-49-52-55-62(72)78-65-64(74)63(73)61(56-69)77-67(65)76-57-58(59(70)53-50-47-44-41-38-24-21-18-15-12-9-6-3)68-66(75)60(71)54-51-48-45-42-39-36-34-32-30-28-26-23-20-17-14-11-8-5-2/h8,11,16-17,19-20,25-28,31-34,39,42,48,50-51,53,58-61,63-65,67,69-71,73-74H,4-7,9-10,12-15,18,21-24,29-30,35-38,40-41,43-47,49,52,54-57H2,1-3H3,(H,68,75)/b11-8-,19-16-,20-17-,27-25-,28-26-,33-31-,34-32-,42-39-,51-48-,53-50+. The van der Waals surface area contributed by atoms with E-state index in [4.69, 9.17) is 14.2 Å². The first kappa shape index (κ1) is 72.1. The molecule has 1 fully saturated rings. The van der Waals surface area contributed by atoms with E-state index in [0.717, 1.165) is 109 Å². The molecule has 0 radical (unpaired) electrons. The Labute approximate surface area is 474 Å². The molecule has 0 aliphatic carbocycles. The van der Waals surface area contributed by atoms with Crippen LogP contribution in [0.5, 0.6) is 0 Å². The van der Waals surface area contributed by atoms with Crippen LogP contribution in [0.1, 0.15) is 226 Å². The summed E-state index contributed by atoms with van der Waals surface area (Å²) in [6.07, 6.45) is 63.9. The third-order valence-electron chi connectivity index (χ3n) is 13.6. The van der Waals surface area contributed by atoms with Gasteiger partial charge < -0.3 is 45.1 Å². The second-order valence-corrected chi connectivity index (χ2v) is 20.7. The van der Waals surface area contributed by atoms with E-state index in [9.17, 15) is 35.1 Å². The molecule has 1 aliphatic heterocycles. The molecule has 6 N–H and O–H groups in total. The maximum atomic E-state index is 13.4. The molecule has 0 aromatic rings. The molecule has 0 spiro atoms. The lowest BCUT2D eigenvalue weighted by molar-refractivity contribution is -0.305. The van der Waals surface area contributed by atoms with Crippen molar-refractivity contribution in [3.05, 3.63) is 122 Å². The van der Waals surface area contributed by atoms with E-state index in [0.29, 0.717) is 12.8 Å². The van der Waals surface area contributed by atoms with Crippen molar-refractivity contribution in [1.29, 1.82) is 0 Å². The molecule has 1 heterocycles. The van der Waals surface area contributed by atoms with Crippen LogP contribution in [0, 0.1) is 0 Å². The van der Waals surface area contributed by atoms with Gasteiger partial charge in [0.25, 0.3) is 0 Å². The molecule has 1 aliphatic rings. The first-order valence-corrected chi connectivity index (χ1v) is 30.8. The van der Waals surface area contributed by atoms with Gasteiger partial charge in [-0.25, -0.2) is 0 Å². The Morgan fingerprint density at radius 2 is 0.923 bits per heavy atom. The fourth-order valence-electron chi connectivity index (χ4n) is 8.73. The third kappa shape index (κ3) is 41.1. The summed E-state index contributed by atoms with van der Waals surface area (Å²) in [6, 6.07) is -1.08. The molecular formula is C67H111NO10. The van der Waals surface area contributed by atoms with Crippen molar-refractivity contribution in [3.63, 3.8) is 0 Å². The van der Waals surface area contributed by atoms with Gasteiger partial charge in [0.2, 0.25) is 5.91 Å². The molecule has 0 saturated carbocycles. The molecule has 0 aromatic heterocycles. The van der Waals surface area contributed by atoms with Gasteiger partial charge in [0.1, 0.15) is 24.4 Å². The Hall–Kier alpha value is -3.94. The number of hydrogen-bond donors (Lipinski definition) is 6. The number of nitrogens with one attached hydrogen (secondary N) is 1. The van der Waals surface area contributed by atoms with E-state index in [-0.39, 0.29) is 19.4 Å². The molecule has 1 rings (SSSR count). The second-order valence-electron chi connectivity index (χ2n) is 20.7. The Morgan fingerprint density at radius 3 is 1.41 bits per heavy atom. The number of ether oxygens (including phenoxy) is 3. The van der Waals surface area contributed by atoms with Crippen LogP contribution in [0.2, 0.25) is 0 Å². The van der Waals surface area contributed by atoms with Crippen LogP contribution in [-0.2, 0) is 23.8 Å². The summed E-state index contributed by atoms with van der Waals surface area (Å²) in [5.41, 5.74) is 0. The van der Waals surface area contributed by atoms with Gasteiger partial charge in [-0.05, 0) is 96.3 Å². The molecule has 444 valence electrons. The van der Waals surface area contributed by atoms with Crippen molar-refractivity contribution in [3.8, 4) is 0 Å². The number of aliphatic hydroxyl groups excluding tert-OH is 5. The van der Waals surface area contributed by atoms with Crippen LogP contribution in [0.3, 0.4) is 0 Å². The number of rotatable bonds is 50. The lowest BCUT2D eigenvalue weighted by atomic mass is 9.99. The van der Waals surface area contributed by atoms with Crippen molar-refractivity contribution in [2.24, 2.45) is 0 Å². The zero-order chi connectivity index (χ0) is 56.8. The van der Waals surface area contributed by atoms with Gasteiger partial charge in [-0.15, -0.1) is 0 Å². The summed E-state index contributed by atoms with van der Waals surface area (Å²) < 4.78 is 17.6. The van der Waals surface area contributed by atoms with Crippen molar-refractivity contribution >= 4 is 11.9 Å². The molecule has 8 atom stereocenters. The topological polar surface area (TPSA) is 175 Å². The van der Waals surface area contributed by atoms with Crippen molar-refractivity contribution in [1.82, 2.24) is 5.32 Å². The maximum absolute atomic E-state index is 13.4. The van der Waals surface area contributed by atoms with Crippen LogP contribution in [0.15, 0.2) is 122 Å². The predicted molar refractivity (Wildman–Crippen MR) is 324 cm³/mol. The van der Waals surface area contributed by atoms with Crippen LogP contribution in [0.25, 0.3) is 0 Å². The minimum Gasteiger partial charge on any atom is -0.454 e. The minimum absolute atomic E-state index is 0.0503. The van der Waals surface area contributed by atoms with Gasteiger partial charge >= 0.3 is 5.97 Å². The Bertz CT molecular complexity index is 1730. The van der Waals surface area contributed by atoms with Crippen molar-refractivity contribution in [2.45, 2.75) is 275 Å². The van der Waals surface area contributed by atoms with Gasteiger partial charge in [0.05, 0.1) is 25.4 Å². The van der Waals surface area contributed by atoms with E-state index < -0.39 is 67.4 Å². The van der Waals surface area contributed by atoms with Gasteiger partial charge in [-0.2, -0.15) is 0 Å². The monoisotopic (exact) mass is 1090 g/mol. The fourth-order valence-corrected chi connectivity index (χ4v) is 8.73.